The lowest BCUT2D eigenvalue weighted by Gasteiger charge is -2.07. The minimum atomic E-state index is -4.38. The van der Waals surface area contributed by atoms with Gasteiger partial charge in [0.25, 0.3) is 0 Å². The first-order valence-electron chi connectivity index (χ1n) is 5.86. The third-order valence-electron chi connectivity index (χ3n) is 2.65. The number of aromatic nitrogens is 2. The molecule has 0 aliphatic heterocycles. The van der Waals surface area contributed by atoms with Gasteiger partial charge in [0.05, 0.1) is 6.54 Å². The summed E-state index contributed by atoms with van der Waals surface area (Å²) < 4.78 is 38.3. The molecule has 6 heteroatoms. The minimum Gasteiger partial charge on any atom is -0.383 e. The van der Waals surface area contributed by atoms with Gasteiger partial charge in [-0.2, -0.15) is 18.3 Å². The van der Waals surface area contributed by atoms with Crippen LogP contribution >= 0.6 is 0 Å². The van der Waals surface area contributed by atoms with Crippen LogP contribution in [0.3, 0.4) is 0 Å². The van der Waals surface area contributed by atoms with E-state index in [1.165, 1.54) is 10.9 Å². The third-order valence-corrected chi connectivity index (χ3v) is 2.65. The number of alkyl halides is 3. The van der Waals surface area contributed by atoms with Crippen LogP contribution < -0.4 is 5.32 Å². The van der Waals surface area contributed by atoms with E-state index in [4.69, 9.17) is 0 Å². The van der Waals surface area contributed by atoms with Crippen molar-refractivity contribution in [3.8, 4) is 0 Å². The number of nitrogens with one attached hydrogen (secondary N) is 1. The van der Waals surface area contributed by atoms with Gasteiger partial charge in [-0.1, -0.05) is 17.7 Å². The number of anilines is 1. The summed E-state index contributed by atoms with van der Waals surface area (Å²) in [6.45, 7) is 2.89. The Bertz CT molecular complexity index is 529. The maximum Gasteiger partial charge on any atom is 0.435 e. The molecule has 0 saturated carbocycles. The molecule has 0 radical (unpaired) electrons. The van der Waals surface area contributed by atoms with Crippen molar-refractivity contribution in [2.75, 3.05) is 11.9 Å². The fourth-order valence-corrected chi connectivity index (χ4v) is 1.62. The second-order valence-electron chi connectivity index (χ2n) is 4.25. The lowest BCUT2D eigenvalue weighted by molar-refractivity contribution is -0.141. The Labute approximate surface area is 109 Å². The molecule has 19 heavy (non-hydrogen) atoms. The molecule has 102 valence electrons. The molecule has 2 aromatic rings. The van der Waals surface area contributed by atoms with Crippen LogP contribution in [0.25, 0.3) is 0 Å². The highest BCUT2D eigenvalue weighted by molar-refractivity contribution is 5.44. The van der Waals surface area contributed by atoms with Crippen LogP contribution in [0.5, 0.6) is 0 Å². The quantitative estimate of drug-likeness (QED) is 0.922. The van der Waals surface area contributed by atoms with Gasteiger partial charge < -0.3 is 5.32 Å². The molecule has 1 aromatic carbocycles. The summed E-state index contributed by atoms with van der Waals surface area (Å²) in [6, 6.07) is 8.78. The van der Waals surface area contributed by atoms with Gasteiger partial charge in [0, 0.05) is 18.4 Å². The van der Waals surface area contributed by atoms with E-state index in [1.807, 2.05) is 31.2 Å². The molecule has 0 fully saturated rings. The highest BCUT2D eigenvalue weighted by Crippen LogP contribution is 2.27. The first-order valence-corrected chi connectivity index (χ1v) is 5.86. The molecule has 3 nitrogen and oxygen atoms in total. The van der Waals surface area contributed by atoms with E-state index in [0.717, 1.165) is 17.3 Å². The molecule has 0 unspecified atom stereocenters. The Morgan fingerprint density at radius 3 is 2.42 bits per heavy atom. The molecule has 0 atom stereocenters. The summed E-state index contributed by atoms with van der Waals surface area (Å²) in [6.07, 6.45) is -3.05. The van der Waals surface area contributed by atoms with Gasteiger partial charge in [-0.3, -0.25) is 4.68 Å². The monoisotopic (exact) mass is 269 g/mol. The summed E-state index contributed by atoms with van der Waals surface area (Å²) in [7, 11) is 0. The van der Waals surface area contributed by atoms with Crippen LogP contribution in [0.2, 0.25) is 0 Å². The molecule has 0 bridgehead atoms. The molecular formula is C13H14F3N3. The van der Waals surface area contributed by atoms with E-state index >= 15 is 0 Å². The number of rotatable bonds is 4. The molecule has 1 heterocycles. The van der Waals surface area contributed by atoms with Crippen LogP contribution in [-0.2, 0) is 12.7 Å². The van der Waals surface area contributed by atoms with Gasteiger partial charge in [-0.25, -0.2) is 0 Å². The largest absolute Gasteiger partial charge is 0.435 e. The zero-order valence-electron chi connectivity index (χ0n) is 10.4. The van der Waals surface area contributed by atoms with E-state index in [9.17, 15) is 13.2 Å². The van der Waals surface area contributed by atoms with Gasteiger partial charge >= 0.3 is 6.18 Å². The van der Waals surface area contributed by atoms with Crippen LogP contribution in [-0.4, -0.2) is 16.3 Å². The van der Waals surface area contributed by atoms with Crippen LogP contribution in [0.15, 0.2) is 36.5 Å². The minimum absolute atomic E-state index is 0.379. The molecule has 1 aromatic heterocycles. The number of nitrogens with zero attached hydrogens (tertiary/aromatic N) is 2. The van der Waals surface area contributed by atoms with Crippen molar-refractivity contribution in [3.05, 3.63) is 47.8 Å². The maximum absolute atomic E-state index is 12.3. The van der Waals surface area contributed by atoms with E-state index in [0.29, 0.717) is 13.1 Å². The highest BCUT2D eigenvalue weighted by atomic mass is 19.4. The Balaban J connectivity index is 1.86. The molecule has 0 aliphatic carbocycles. The van der Waals surface area contributed by atoms with Crippen molar-refractivity contribution in [2.24, 2.45) is 0 Å². The fourth-order valence-electron chi connectivity index (χ4n) is 1.62. The molecule has 0 aliphatic rings. The zero-order valence-corrected chi connectivity index (χ0v) is 10.4. The average Bonchev–Trinajstić information content (AvgIpc) is 2.80. The Kier molecular flexibility index (Phi) is 3.78. The van der Waals surface area contributed by atoms with E-state index in [2.05, 4.69) is 10.4 Å². The van der Waals surface area contributed by atoms with E-state index in [1.54, 1.807) is 0 Å². The highest BCUT2D eigenvalue weighted by Gasteiger charge is 2.33. The first kappa shape index (κ1) is 13.5. The van der Waals surface area contributed by atoms with Crippen LogP contribution in [0.4, 0.5) is 18.9 Å². The normalized spacial score (nSPS) is 11.6. The molecule has 1 N–H and O–H groups in total. The van der Waals surface area contributed by atoms with Crippen molar-refractivity contribution in [3.63, 3.8) is 0 Å². The fraction of sp³-hybridized carbons (Fsp3) is 0.308. The number of hydrogen-bond donors (Lipinski definition) is 1. The van der Waals surface area contributed by atoms with Gasteiger partial charge in [-0.15, -0.1) is 0 Å². The molecular weight excluding hydrogens is 255 g/mol. The summed E-state index contributed by atoms with van der Waals surface area (Å²) in [5.74, 6) is 0. The lowest BCUT2D eigenvalue weighted by Crippen LogP contribution is -2.13. The Morgan fingerprint density at radius 1 is 1.16 bits per heavy atom. The standard InChI is InChI=1S/C13H14F3N3/c1-10-2-4-11(5-3-10)17-7-9-19-8-6-12(18-19)13(14,15)16/h2-6,8,17H,7,9H2,1H3. The maximum atomic E-state index is 12.3. The second-order valence-corrected chi connectivity index (χ2v) is 4.25. The number of hydrogen-bond acceptors (Lipinski definition) is 2. The van der Waals surface area contributed by atoms with E-state index in [-0.39, 0.29) is 0 Å². The van der Waals surface area contributed by atoms with Gasteiger partial charge in [0.15, 0.2) is 5.69 Å². The number of benzene rings is 1. The summed E-state index contributed by atoms with van der Waals surface area (Å²) in [4.78, 5) is 0. The van der Waals surface area contributed by atoms with E-state index < -0.39 is 11.9 Å². The van der Waals surface area contributed by atoms with Crippen molar-refractivity contribution in [2.45, 2.75) is 19.6 Å². The molecule has 0 saturated heterocycles. The van der Waals surface area contributed by atoms with Gasteiger partial charge in [-0.05, 0) is 25.1 Å². The first-order chi connectivity index (χ1) is 8.95. The molecule has 0 amide bonds. The van der Waals surface area contributed by atoms with Crippen molar-refractivity contribution in [1.82, 2.24) is 9.78 Å². The Hall–Kier alpha value is -1.98. The average molecular weight is 269 g/mol. The second kappa shape index (κ2) is 5.34. The van der Waals surface area contributed by atoms with Crippen molar-refractivity contribution >= 4 is 5.69 Å². The van der Waals surface area contributed by atoms with Crippen LogP contribution in [0.1, 0.15) is 11.3 Å². The molecule has 2 rings (SSSR count). The van der Waals surface area contributed by atoms with Gasteiger partial charge in [0.1, 0.15) is 0 Å². The summed E-state index contributed by atoms with van der Waals surface area (Å²) in [5.41, 5.74) is 1.24. The summed E-state index contributed by atoms with van der Waals surface area (Å²) in [5, 5.41) is 6.60. The topological polar surface area (TPSA) is 29.9 Å². The predicted octanol–water partition coefficient (Wildman–Crippen LogP) is 3.32. The zero-order chi connectivity index (χ0) is 13.9. The van der Waals surface area contributed by atoms with Crippen molar-refractivity contribution in [1.29, 1.82) is 0 Å². The third kappa shape index (κ3) is 3.74. The van der Waals surface area contributed by atoms with Crippen LogP contribution in [0, 0.1) is 6.92 Å². The van der Waals surface area contributed by atoms with Gasteiger partial charge in [0.2, 0.25) is 0 Å². The smallest absolute Gasteiger partial charge is 0.383 e. The number of aryl methyl sites for hydroxylation is 1. The van der Waals surface area contributed by atoms with Crippen molar-refractivity contribution < 1.29 is 13.2 Å². The SMILES string of the molecule is Cc1ccc(NCCn2ccc(C(F)(F)F)n2)cc1. The Morgan fingerprint density at radius 2 is 1.84 bits per heavy atom. The lowest BCUT2D eigenvalue weighted by atomic mass is 10.2. The predicted molar refractivity (Wildman–Crippen MR) is 66.9 cm³/mol. The molecule has 0 spiro atoms. The summed E-state index contributed by atoms with van der Waals surface area (Å²) >= 11 is 0. The number of halogens is 3.